The van der Waals surface area contributed by atoms with Crippen LogP contribution < -0.4 is 4.74 Å². The van der Waals surface area contributed by atoms with Gasteiger partial charge >= 0.3 is 0 Å². The fourth-order valence-electron chi connectivity index (χ4n) is 2.15. The van der Waals surface area contributed by atoms with E-state index < -0.39 is 0 Å². The number of rotatable bonds is 6. The molecular formula is C16H25NO2. The van der Waals surface area contributed by atoms with Gasteiger partial charge in [0.2, 0.25) is 5.91 Å². The van der Waals surface area contributed by atoms with Crippen LogP contribution in [0.3, 0.4) is 0 Å². The molecule has 1 aromatic rings. The van der Waals surface area contributed by atoms with Crippen molar-refractivity contribution in [3.8, 4) is 5.75 Å². The Balaban J connectivity index is 2.97. The maximum atomic E-state index is 12.2. The highest BCUT2D eigenvalue weighted by atomic mass is 16.5. The van der Waals surface area contributed by atoms with Crippen molar-refractivity contribution in [1.82, 2.24) is 4.90 Å². The number of likely N-dealkylation sites (N-methyl/N-ethyl adjacent to an activating group) is 1. The van der Waals surface area contributed by atoms with Crippen LogP contribution in [0.4, 0.5) is 0 Å². The summed E-state index contributed by atoms with van der Waals surface area (Å²) in [6, 6.07) is 6.11. The molecule has 3 heteroatoms. The fraction of sp³-hybridized carbons (Fsp3) is 0.562. The molecule has 0 heterocycles. The molecule has 0 spiro atoms. The van der Waals surface area contributed by atoms with Crippen LogP contribution in [-0.4, -0.2) is 31.0 Å². The maximum absolute atomic E-state index is 12.2. The van der Waals surface area contributed by atoms with Gasteiger partial charge in [0.05, 0.1) is 13.5 Å². The third kappa shape index (κ3) is 3.98. The molecule has 0 unspecified atom stereocenters. The first kappa shape index (κ1) is 15.5. The van der Waals surface area contributed by atoms with Crippen LogP contribution in [0, 0.1) is 0 Å². The summed E-state index contributed by atoms with van der Waals surface area (Å²) in [4.78, 5) is 14.0. The SMILES string of the molecule is CCN(CC)C(=O)Cc1cc(C(C)C)ccc1OC. The molecule has 19 heavy (non-hydrogen) atoms. The summed E-state index contributed by atoms with van der Waals surface area (Å²) in [5.41, 5.74) is 2.22. The van der Waals surface area contributed by atoms with E-state index in [-0.39, 0.29) is 5.91 Å². The van der Waals surface area contributed by atoms with Crippen LogP contribution in [0.1, 0.15) is 44.7 Å². The average molecular weight is 263 g/mol. The number of benzene rings is 1. The molecule has 0 atom stereocenters. The molecule has 0 radical (unpaired) electrons. The number of hydrogen-bond acceptors (Lipinski definition) is 2. The van der Waals surface area contributed by atoms with E-state index in [2.05, 4.69) is 26.0 Å². The lowest BCUT2D eigenvalue weighted by Crippen LogP contribution is -2.31. The first-order chi connectivity index (χ1) is 9.03. The van der Waals surface area contributed by atoms with Crippen LogP contribution in [0.2, 0.25) is 0 Å². The van der Waals surface area contributed by atoms with E-state index in [1.165, 1.54) is 5.56 Å². The van der Waals surface area contributed by atoms with E-state index in [9.17, 15) is 4.79 Å². The number of amides is 1. The lowest BCUT2D eigenvalue weighted by molar-refractivity contribution is -0.130. The summed E-state index contributed by atoms with van der Waals surface area (Å²) in [5, 5.41) is 0. The van der Waals surface area contributed by atoms with Crippen LogP contribution in [0.25, 0.3) is 0 Å². The van der Waals surface area contributed by atoms with Gasteiger partial charge in [0.15, 0.2) is 0 Å². The minimum absolute atomic E-state index is 0.157. The zero-order valence-electron chi connectivity index (χ0n) is 12.7. The van der Waals surface area contributed by atoms with Gasteiger partial charge in [-0.25, -0.2) is 0 Å². The van der Waals surface area contributed by atoms with Crippen molar-refractivity contribution in [2.45, 2.75) is 40.0 Å². The Hall–Kier alpha value is -1.51. The molecule has 0 aromatic heterocycles. The van der Waals surface area contributed by atoms with Crippen LogP contribution in [-0.2, 0) is 11.2 Å². The smallest absolute Gasteiger partial charge is 0.227 e. The Labute approximate surface area is 116 Å². The Bertz CT molecular complexity index is 423. The van der Waals surface area contributed by atoms with Crippen LogP contribution in [0.5, 0.6) is 5.75 Å². The fourth-order valence-corrected chi connectivity index (χ4v) is 2.15. The zero-order valence-corrected chi connectivity index (χ0v) is 12.7. The summed E-state index contributed by atoms with van der Waals surface area (Å²) in [5.74, 6) is 1.40. The zero-order chi connectivity index (χ0) is 14.4. The molecule has 0 saturated carbocycles. The number of carbonyl (C=O) groups is 1. The number of carbonyl (C=O) groups excluding carboxylic acids is 1. The molecule has 0 saturated heterocycles. The van der Waals surface area contributed by atoms with Crippen molar-refractivity contribution in [3.05, 3.63) is 29.3 Å². The lowest BCUT2D eigenvalue weighted by Gasteiger charge is -2.20. The summed E-state index contributed by atoms with van der Waals surface area (Å²) >= 11 is 0. The Morgan fingerprint density at radius 3 is 2.37 bits per heavy atom. The van der Waals surface area contributed by atoms with Crippen molar-refractivity contribution < 1.29 is 9.53 Å². The van der Waals surface area contributed by atoms with Gasteiger partial charge in [-0.05, 0) is 31.4 Å². The summed E-state index contributed by atoms with van der Waals surface area (Å²) in [7, 11) is 1.65. The van der Waals surface area contributed by atoms with E-state index >= 15 is 0 Å². The summed E-state index contributed by atoms with van der Waals surface area (Å²) < 4.78 is 5.36. The van der Waals surface area contributed by atoms with Gasteiger partial charge in [-0.3, -0.25) is 4.79 Å². The first-order valence-electron chi connectivity index (χ1n) is 6.98. The molecule has 1 aromatic carbocycles. The molecule has 1 rings (SSSR count). The molecule has 0 N–H and O–H groups in total. The predicted octanol–water partition coefficient (Wildman–Crippen LogP) is 3.23. The predicted molar refractivity (Wildman–Crippen MR) is 78.7 cm³/mol. The topological polar surface area (TPSA) is 29.5 Å². The van der Waals surface area contributed by atoms with E-state index in [1.54, 1.807) is 7.11 Å². The molecule has 3 nitrogen and oxygen atoms in total. The second-order valence-electron chi connectivity index (χ2n) is 4.97. The number of nitrogens with zero attached hydrogens (tertiary/aromatic N) is 1. The highest BCUT2D eigenvalue weighted by Crippen LogP contribution is 2.25. The van der Waals surface area contributed by atoms with E-state index in [1.807, 2.05) is 24.8 Å². The largest absolute Gasteiger partial charge is 0.496 e. The number of methoxy groups -OCH3 is 1. The van der Waals surface area contributed by atoms with E-state index in [0.29, 0.717) is 12.3 Å². The minimum atomic E-state index is 0.157. The molecule has 0 bridgehead atoms. The van der Waals surface area contributed by atoms with Crippen molar-refractivity contribution >= 4 is 5.91 Å². The van der Waals surface area contributed by atoms with Gasteiger partial charge in [0, 0.05) is 18.7 Å². The Kier molecular flexibility index (Phi) is 5.87. The monoisotopic (exact) mass is 263 g/mol. The van der Waals surface area contributed by atoms with E-state index in [0.717, 1.165) is 24.4 Å². The second kappa shape index (κ2) is 7.17. The third-order valence-corrected chi connectivity index (χ3v) is 3.43. The summed E-state index contributed by atoms with van der Waals surface area (Å²) in [6.07, 6.45) is 0.408. The van der Waals surface area contributed by atoms with Gasteiger partial charge in [-0.2, -0.15) is 0 Å². The van der Waals surface area contributed by atoms with E-state index in [4.69, 9.17) is 4.74 Å². The van der Waals surface area contributed by atoms with Crippen molar-refractivity contribution in [2.24, 2.45) is 0 Å². The standard InChI is InChI=1S/C16H25NO2/c1-6-17(7-2)16(18)11-14-10-13(12(3)4)8-9-15(14)19-5/h8-10,12H,6-7,11H2,1-5H3. The van der Waals surface area contributed by atoms with Gasteiger partial charge in [-0.15, -0.1) is 0 Å². The highest BCUT2D eigenvalue weighted by Gasteiger charge is 2.14. The average Bonchev–Trinajstić information content (AvgIpc) is 2.39. The van der Waals surface area contributed by atoms with Crippen molar-refractivity contribution in [2.75, 3.05) is 20.2 Å². The van der Waals surface area contributed by atoms with Crippen LogP contribution >= 0.6 is 0 Å². The highest BCUT2D eigenvalue weighted by molar-refractivity contribution is 5.79. The first-order valence-corrected chi connectivity index (χ1v) is 6.98. The van der Waals surface area contributed by atoms with Gasteiger partial charge in [0.1, 0.15) is 5.75 Å². The summed E-state index contributed by atoms with van der Waals surface area (Å²) in [6.45, 7) is 9.81. The maximum Gasteiger partial charge on any atom is 0.227 e. The second-order valence-corrected chi connectivity index (χ2v) is 4.97. The molecule has 106 valence electrons. The molecule has 1 amide bonds. The van der Waals surface area contributed by atoms with Gasteiger partial charge in [-0.1, -0.05) is 26.0 Å². The van der Waals surface area contributed by atoms with Gasteiger partial charge in [0.25, 0.3) is 0 Å². The third-order valence-electron chi connectivity index (χ3n) is 3.43. The normalized spacial score (nSPS) is 10.6. The quantitative estimate of drug-likeness (QED) is 0.788. The Morgan fingerprint density at radius 2 is 1.89 bits per heavy atom. The molecule has 0 aliphatic rings. The molecule has 0 aliphatic carbocycles. The molecule has 0 aliphatic heterocycles. The minimum Gasteiger partial charge on any atom is -0.496 e. The van der Waals surface area contributed by atoms with Gasteiger partial charge < -0.3 is 9.64 Å². The van der Waals surface area contributed by atoms with Crippen molar-refractivity contribution in [1.29, 1.82) is 0 Å². The van der Waals surface area contributed by atoms with Crippen molar-refractivity contribution in [3.63, 3.8) is 0 Å². The van der Waals surface area contributed by atoms with Crippen LogP contribution in [0.15, 0.2) is 18.2 Å². The lowest BCUT2D eigenvalue weighted by atomic mass is 9.98. The number of ether oxygens (including phenoxy) is 1. The Morgan fingerprint density at radius 1 is 1.26 bits per heavy atom. The molecule has 0 fully saturated rings. The number of hydrogen-bond donors (Lipinski definition) is 0. The molecular weight excluding hydrogens is 238 g/mol.